The first kappa shape index (κ1) is 37.5. The van der Waals surface area contributed by atoms with Gasteiger partial charge in [0.25, 0.3) is 11.5 Å². The van der Waals surface area contributed by atoms with E-state index in [-0.39, 0.29) is 53.3 Å². The molecule has 1 aromatic carbocycles. The molecule has 2 aromatic heterocycles. The lowest BCUT2D eigenvalue weighted by Gasteiger charge is -2.30. The fourth-order valence-electron chi connectivity index (χ4n) is 4.47. The zero-order valence-corrected chi connectivity index (χ0v) is 24.8. The van der Waals surface area contributed by atoms with Crippen molar-refractivity contribution in [2.24, 2.45) is 0 Å². The summed E-state index contributed by atoms with van der Waals surface area (Å²) in [5.74, 6) is 1.38. The fourth-order valence-corrected chi connectivity index (χ4v) is 4.63. The first-order valence-electron chi connectivity index (χ1n) is 12.4. The van der Waals surface area contributed by atoms with E-state index < -0.39 is 11.5 Å². The molecule has 0 radical (unpaired) electrons. The molecule has 14 nitrogen and oxygen atoms in total. The summed E-state index contributed by atoms with van der Waals surface area (Å²) in [5.41, 5.74) is 0.766. The molecule has 0 bridgehead atoms. The molecule has 2 saturated heterocycles. The van der Waals surface area contributed by atoms with E-state index in [9.17, 15) is 9.59 Å². The summed E-state index contributed by atoms with van der Waals surface area (Å²) in [6.45, 7) is 3.80. The van der Waals surface area contributed by atoms with Crippen molar-refractivity contribution in [1.82, 2.24) is 44.5 Å². The first-order chi connectivity index (χ1) is 17.5. The van der Waals surface area contributed by atoms with E-state index in [0.29, 0.717) is 23.5 Å². The lowest BCUT2D eigenvalue weighted by Crippen LogP contribution is -2.34. The predicted octanol–water partition coefficient (Wildman–Crippen LogP) is 6.24. The van der Waals surface area contributed by atoms with Crippen molar-refractivity contribution in [1.29, 1.82) is 0 Å². The minimum Gasteiger partial charge on any atom is -0.344 e. The number of amides is 1. The van der Waals surface area contributed by atoms with Crippen molar-refractivity contribution >= 4 is 59.1 Å². The van der Waals surface area contributed by atoms with E-state index >= 15 is 0 Å². The minimum atomic E-state index is -0.533. The number of aromatic amines is 1. The molecule has 236 valence electrons. The minimum absolute atomic E-state index is 0. The summed E-state index contributed by atoms with van der Waals surface area (Å²) in [6.07, 6.45) is 8.38. The summed E-state index contributed by atoms with van der Waals surface area (Å²) in [6, 6.07) is 8.48. The maximum atomic E-state index is 12.5. The largest absolute Gasteiger partial charge is 0.344 e. The number of carbonyl (C=O) groups is 1. The van der Waals surface area contributed by atoms with E-state index in [1.807, 2.05) is 12.1 Å². The quantitative estimate of drug-likeness (QED) is 0.161. The molecule has 1 amide bonds. The number of nitrogens with zero attached hydrogens (tertiary/aromatic N) is 5. The number of anilines is 5. The van der Waals surface area contributed by atoms with Gasteiger partial charge >= 0.3 is 0 Å². The number of halogens is 2. The van der Waals surface area contributed by atoms with Crippen LogP contribution in [0.2, 0.25) is 5.02 Å². The number of hydrogen-bond acceptors (Lipinski definition) is 12. The highest BCUT2D eigenvalue weighted by molar-refractivity contribution is 6.30. The SMILES string of the molecule is Cl.N.N.N.N.O=C(Nc1ccc(Nc2nc(N3CCCCC3)nc(N3CCCCC3)n2)cc1)c1cc(Cl)c[nH]c1=O.[HH].[HH].[HH].[HH]. The van der Waals surface area contributed by atoms with E-state index in [1.165, 1.54) is 25.1 Å². The number of rotatable bonds is 6. The molecule has 0 saturated carbocycles. The Bertz CT molecular complexity index is 1260. The van der Waals surface area contributed by atoms with Crippen LogP contribution < -0.4 is 50.6 Å². The van der Waals surface area contributed by atoms with Crippen molar-refractivity contribution in [3.8, 4) is 0 Å². The van der Waals surface area contributed by atoms with E-state index in [4.69, 9.17) is 26.6 Å². The third-order valence-corrected chi connectivity index (χ3v) is 6.62. The summed E-state index contributed by atoms with van der Waals surface area (Å²) in [4.78, 5) is 45.6. The van der Waals surface area contributed by atoms with Crippen LogP contribution in [0, 0.1) is 0 Å². The van der Waals surface area contributed by atoms with Crippen LogP contribution in [0.4, 0.5) is 29.2 Å². The normalized spacial score (nSPS) is 14.1. The highest BCUT2D eigenvalue weighted by atomic mass is 35.5. The van der Waals surface area contributed by atoms with Crippen LogP contribution in [0.3, 0.4) is 0 Å². The molecule has 15 N–H and O–H groups in total. The van der Waals surface area contributed by atoms with Crippen LogP contribution in [0.1, 0.15) is 54.6 Å². The molecular formula is C25H50Cl2N12O2. The van der Waals surface area contributed by atoms with Crippen LogP contribution in [-0.4, -0.2) is 52.0 Å². The highest BCUT2D eigenvalue weighted by Crippen LogP contribution is 2.24. The zero-order chi connectivity index (χ0) is 24.9. The Morgan fingerprint density at radius 3 is 1.80 bits per heavy atom. The smallest absolute Gasteiger partial charge is 0.261 e. The summed E-state index contributed by atoms with van der Waals surface area (Å²) < 4.78 is 0. The molecule has 2 aliphatic heterocycles. The van der Waals surface area contributed by atoms with Gasteiger partial charge < -0.3 is 50.0 Å². The first-order valence-corrected chi connectivity index (χ1v) is 12.8. The maximum Gasteiger partial charge on any atom is 0.261 e. The van der Waals surface area contributed by atoms with Crippen molar-refractivity contribution in [2.45, 2.75) is 38.5 Å². The van der Waals surface area contributed by atoms with Gasteiger partial charge in [0.2, 0.25) is 17.8 Å². The number of nitrogens with one attached hydrogen (secondary N) is 3. The molecule has 0 aliphatic carbocycles. The zero-order valence-electron chi connectivity index (χ0n) is 23.2. The second-order valence-corrected chi connectivity index (χ2v) is 9.51. The molecule has 0 unspecified atom stereocenters. The van der Waals surface area contributed by atoms with Gasteiger partial charge in [0.05, 0.1) is 5.02 Å². The molecule has 2 fully saturated rings. The van der Waals surface area contributed by atoms with E-state index in [2.05, 4.69) is 25.4 Å². The number of piperidine rings is 2. The Hall–Kier alpha value is -3.53. The second-order valence-electron chi connectivity index (χ2n) is 9.07. The Morgan fingerprint density at radius 1 is 0.805 bits per heavy atom. The molecule has 3 aromatic rings. The van der Waals surface area contributed by atoms with Gasteiger partial charge in [0.15, 0.2) is 0 Å². The predicted molar refractivity (Wildman–Crippen MR) is 177 cm³/mol. The van der Waals surface area contributed by atoms with Gasteiger partial charge in [-0.2, -0.15) is 15.0 Å². The number of hydrogen-bond donors (Lipinski definition) is 7. The Labute approximate surface area is 256 Å². The van der Waals surface area contributed by atoms with Crippen molar-refractivity contribution in [3.63, 3.8) is 0 Å². The summed E-state index contributed by atoms with van der Waals surface area (Å²) in [7, 11) is 0. The standard InChI is InChI=1S/C25H29ClN8O2.ClH.4H3N.4H2/c26-17-15-20(21(35)27-16-17)22(36)28-18-7-9-19(10-8-18)29-23-30-24(33-11-3-1-4-12-33)32-25(31-23)34-13-5-2-6-14-34;;;;;;;;;/h7-10,15-16H,1-6,11-14H2,(H,27,35)(H,28,36)(H,29,30,31,32);1H;4*1H3;4*1H. The van der Waals surface area contributed by atoms with E-state index in [1.54, 1.807) is 12.1 Å². The summed E-state index contributed by atoms with van der Waals surface area (Å²) in [5, 5.41) is 6.29. The van der Waals surface area contributed by atoms with Crippen LogP contribution in [-0.2, 0) is 0 Å². The molecule has 16 heteroatoms. The van der Waals surface area contributed by atoms with Gasteiger partial charge in [-0.15, -0.1) is 12.4 Å². The molecule has 41 heavy (non-hydrogen) atoms. The molecule has 0 atom stereocenters. The van der Waals surface area contributed by atoms with Gasteiger partial charge in [-0.1, -0.05) is 11.6 Å². The van der Waals surface area contributed by atoms with E-state index in [0.717, 1.165) is 57.5 Å². The average molecular weight is 622 g/mol. The fraction of sp³-hybridized carbons (Fsp3) is 0.400. The molecule has 0 spiro atoms. The number of benzene rings is 1. The van der Waals surface area contributed by atoms with Gasteiger partial charge in [0, 0.05) is 49.5 Å². The number of aromatic nitrogens is 4. The summed E-state index contributed by atoms with van der Waals surface area (Å²) >= 11 is 5.90. The third kappa shape index (κ3) is 9.52. The Balaban J connectivity index is -0.000000593. The van der Waals surface area contributed by atoms with Gasteiger partial charge in [-0.05, 0) is 68.9 Å². The molecule has 5 rings (SSSR count). The Morgan fingerprint density at radius 2 is 1.29 bits per heavy atom. The third-order valence-electron chi connectivity index (χ3n) is 6.40. The lowest BCUT2D eigenvalue weighted by atomic mass is 10.1. The van der Waals surface area contributed by atoms with Crippen LogP contribution >= 0.6 is 24.0 Å². The topological polar surface area (TPSA) is 259 Å². The molecule has 4 heterocycles. The number of carbonyl (C=O) groups excluding carboxylic acids is 1. The Kier molecular flexibility index (Phi) is 15.8. The van der Waals surface area contributed by atoms with Crippen LogP contribution in [0.15, 0.2) is 41.3 Å². The lowest BCUT2D eigenvalue weighted by molar-refractivity contribution is 0.102. The molecule has 2 aliphatic rings. The number of pyridine rings is 1. The van der Waals surface area contributed by atoms with Crippen LogP contribution in [0.5, 0.6) is 0 Å². The number of H-pyrrole nitrogens is 1. The van der Waals surface area contributed by atoms with Crippen LogP contribution in [0.25, 0.3) is 0 Å². The van der Waals surface area contributed by atoms with Gasteiger partial charge in [-0.3, -0.25) is 9.59 Å². The monoisotopic (exact) mass is 620 g/mol. The maximum absolute atomic E-state index is 12.5. The van der Waals surface area contributed by atoms with Crippen molar-refractivity contribution in [3.05, 3.63) is 57.5 Å². The second kappa shape index (κ2) is 17.3. The van der Waals surface area contributed by atoms with Gasteiger partial charge in [0.1, 0.15) is 5.56 Å². The van der Waals surface area contributed by atoms with Crippen molar-refractivity contribution < 1.29 is 10.5 Å². The van der Waals surface area contributed by atoms with Gasteiger partial charge in [-0.25, -0.2) is 0 Å². The highest BCUT2D eigenvalue weighted by Gasteiger charge is 2.20. The van der Waals surface area contributed by atoms with Crippen molar-refractivity contribution in [2.75, 3.05) is 46.6 Å². The molecular weight excluding hydrogens is 571 g/mol. The average Bonchev–Trinajstić information content (AvgIpc) is 2.92.